The third kappa shape index (κ3) is 5.50. The highest BCUT2D eigenvalue weighted by atomic mass is 16.3. The number of fused-ring (bicyclic) bond motifs is 4. The van der Waals surface area contributed by atoms with E-state index in [0.717, 1.165) is 50.1 Å². The van der Waals surface area contributed by atoms with Crippen LogP contribution in [0.4, 0.5) is 17.1 Å². The number of benzene rings is 9. The van der Waals surface area contributed by atoms with Crippen LogP contribution in [0.3, 0.4) is 0 Å². The summed E-state index contributed by atoms with van der Waals surface area (Å²) in [5, 5.41) is 4.73. The van der Waals surface area contributed by atoms with Gasteiger partial charge >= 0.3 is 0 Å². The second-order valence-corrected chi connectivity index (χ2v) is 14.1. The summed E-state index contributed by atoms with van der Waals surface area (Å²) < 4.78 is 6.79. The van der Waals surface area contributed by atoms with Crippen molar-refractivity contribution in [3.63, 3.8) is 0 Å². The van der Waals surface area contributed by atoms with Crippen molar-refractivity contribution in [3.8, 4) is 11.1 Å². The van der Waals surface area contributed by atoms with Gasteiger partial charge < -0.3 is 9.32 Å². The van der Waals surface area contributed by atoms with Crippen molar-refractivity contribution >= 4 is 49.8 Å². The van der Waals surface area contributed by atoms with Crippen LogP contribution in [0.15, 0.2) is 229 Å². The Bertz CT molecular complexity index is 2850. The Morgan fingerprint density at radius 1 is 0.345 bits per heavy atom. The predicted octanol–water partition coefficient (Wildman–Crippen LogP) is 14.3. The lowest BCUT2D eigenvalue weighted by Crippen LogP contribution is -2.31. The van der Waals surface area contributed by atoms with Gasteiger partial charge in [-0.05, 0) is 81.1 Å². The maximum Gasteiger partial charge on any atom is 0.140 e. The molecule has 0 aliphatic heterocycles. The maximum absolute atomic E-state index is 6.79. The zero-order valence-corrected chi connectivity index (χ0v) is 30.2. The van der Waals surface area contributed by atoms with E-state index in [4.69, 9.17) is 4.42 Å². The molecule has 0 radical (unpaired) electrons. The van der Waals surface area contributed by atoms with E-state index in [0.29, 0.717) is 0 Å². The van der Waals surface area contributed by atoms with Crippen LogP contribution in [0.2, 0.25) is 0 Å². The Balaban J connectivity index is 1.15. The van der Waals surface area contributed by atoms with Crippen molar-refractivity contribution in [1.29, 1.82) is 0 Å². The molecule has 1 heterocycles. The molecule has 2 heteroatoms. The summed E-state index contributed by atoms with van der Waals surface area (Å²) in [5.41, 5.74) is 11.4. The van der Waals surface area contributed by atoms with E-state index >= 15 is 0 Å². The first kappa shape index (κ1) is 32.5. The third-order valence-electron chi connectivity index (χ3n) is 11.0. The van der Waals surface area contributed by atoms with Gasteiger partial charge in [-0.3, -0.25) is 0 Å². The van der Waals surface area contributed by atoms with Crippen LogP contribution in [0, 0.1) is 0 Å². The summed E-state index contributed by atoms with van der Waals surface area (Å²) in [4.78, 5) is 2.34. The number of nitrogens with zero attached hydrogens (tertiary/aromatic N) is 1. The molecular weight excluding hydrogens is 667 g/mol. The SMILES string of the molecule is c1ccc(N(c2ccc(-c3cccc4ccccc34)cc2)c2ccc(C(c3ccccc3)(c3ccccc3)c3cccc4c3oc3ccccc34)cc2)cc1. The van der Waals surface area contributed by atoms with Crippen molar-refractivity contribution in [2.75, 3.05) is 4.90 Å². The molecule has 1 aromatic heterocycles. The highest BCUT2D eigenvalue weighted by Gasteiger charge is 2.40. The molecule has 0 saturated carbocycles. The topological polar surface area (TPSA) is 16.4 Å². The smallest absolute Gasteiger partial charge is 0.140 e. The molecule has 0 fully saturated rings. The second kappa shape index (κ2) is 13.7. The third-order valence-corrected chi connectivity index (χ3v) is 11.0. The molecular formula is C53H37NO. The molecule has 260 valence electrons. The summed E-state index contributed by atoms with van der Waals surface area (Å²) in [5.74, 6) is 0. The molecule has 0 N–H and O–H groups in total. The summed E-state index contributed by atoms with van der Waals surface area (Å²) >= 11 is 0. The van der Waals surface area contributed by atoms with Crippen LogP contribution in [0.25, 0.3) is 43.8 Å². The van der Waals surface area contributed by atoms with E-state index < -0.39 is 5.41 Å². The molecule has 9 aromatic carbocycles. The van der Waals surface area contributed by atoms with Gasteiger partial charge in [0.2, 0.25) is 0 Å². The number of para-hydroxylation sites is 3. The van der Waals surface area contributed by atoms with Crippen LogP contribution >= 0.6 is 0 Å². The largest absolute Gasteiger partial charge is 0.456 e. The van der Waals surface area contributed by atoms with Gasteiger partial charge in [-0.25, -0.2) is 0 Å². The molecule has 0 spiro atoms. The van der Waals surface area contributed by atoms with E-state index in [1.54, 1.807) is 0 Å². The Labute approximate surface area is 321 Å². The summed E-state index contributed by atoms with van der Waals surface area (Å²) in [7, 11) is 0. The highest BCUT2D eigenvalue weighted by Crippen LogP contribution is 2.49. The summed E-state index contributed by atoms with van der Waals surface area (Å²) in [6, 6.07) is 80.5. The fourth-order valence-corrected chi connectivity index (χ4v) is 8.54. The second-order valence-electron chi connectivity index (χ2n) is 14.1. The van der Waals surface area contributed by atoms with Crippen LogP contribution in [0.5, 0.6) is 0 Å². The lowest BCUT2D eigenvalue weighted by molar-refractivity contribution is 0.645. The number of anilines is 3. The molecule has 0 aliphatic carbocycles. The fourth-order valence-electron chi connectivity index (χ4n) is 8.54. The van der Waals surface area contributed by atoms with E-state index in [1.807, 2.05) is 6.07 Å². The minimum Gasteiger partial charge on any atom is -0.456 e. The van der Waals surface area contributed by atoms with Gasteiger partial charge in [0, 0.05) is 33.4 Å². The predicted molar refractivity (Wildman–Crippen MR) is 230 cm³/mol. The van der Waals surface area contributed by atoms with Crippen LogP contribution in [0.1, 0.15) is 22.3 Å². The minimum absolute atomic E-state index is 0.674. The van der Waals surface area contributed by atoms with E-state index in [1.165, 1.54) is 33.0 Å². The summed E-state index contributed by atoms with van der Waals surface area (Å²) in [6.45, 7) is 0. The van der Waals surface area contributed by atoms with Crippen molar-refractivity contribution in [2.24, 2.45) is 0 Å². The number of rotatable bonds is 8. The standard InChI is InChI=1S/C53H37NO/c1-4-18-40(19-5-1)53(41-20-6-2-7-21-41,50-28-15-27-49-48-25-12-13-29-51(48)55-52(49)50)42-32-36-45(37-33-42)54(43-22-8-3-9-23-43)44-34-30-39(31-35-44)47-26-14-17-38-16-10-11-24-46(38)47/h1-37H. The highest BCUT2D eigenvalue weighted by molar-refractivity contribution is 6.06. The normalized spacial score (nSPS) is 11.6. The van der Waals surface area contributed by atoms with Gasteiger partial charge in [-0.1, -0.05) is 182 Å². The number of hydrogen-bond donors (Lipinski definition) is 0. The Kier molecular flexibility index (Phi) is 8.08. The Morgan fingerprint density at radius 3 is 1.53 bits per heavy atom. The van der Waals surface area contributed by atoms with Gasteiger partial charge in [0.15, 0.2) is 0 Å². The molecule has 55 heavy (non-hydrogen) atoms. The van der Waals surface area contributed by atoms with E-state index in [-0.39, 0.29) is 0 Å². The van der Waals surface area contributed by atoms with Crippen LogP contribution in [-0.4, -0.2) is 0 Å². The van der Waals surface area contributed by atoms with Gasteiger partial charge in [0.25, 0.3) is 0 Å². The van der Waals surface area contributed by atoms with Gasteiger partial charge in [-0.15, -0.1) is 0 Å². The zero-order valence-electron chi connectivity index (χ0n) is 30.2. The number of furan rings is 1. The van der Waals surface area contributed by atoms with Crippen molar-refractivity contribution < 1.29 is 4.42 Å². The first-order valence-electron chi connectivity index (χ1n) is 18.8. The molecule has 0 amide bonds. The molecule has 0 bridgehead atoms. The van der Waals surface area contributed by atoms with Gasteiger partial charge in [0.05, 0.1) is 5.41 Å². The molecule has 0 saturated heterocycles. The summed E-state index contributed by atoms with van der Waals surface area (Å²) in [6.07, 6.45) is 0. The first-order valence-corrected chi connectivity index (χ1v) is 18.8. The molecule has 0 atom stereocenters. The Hall–Kier alpha value is -7.16. The Morgan fingerprint density at radius 2 is 0.836 bits per heavy atom. The minimum atomic E-state index is -0.674. The molecule has 0 unspecified atom stereocenters. The average Bonchev–Trinajstić information content (AvgIpc) is 3.65. The molecule has 10 rings (SSSR count). The lowest BCUT2D eigenvalue weighted by atomic mass is 9.65. The van der Waals surface area contributed by atoms with E-state index in [9.17, 15) is 0 Å². The van der Waals surface area contributed by atoms with E-state index in [2.05, 4.69) is 223 Å². The number of hydrogen-bond acceptors (Lipinski definition) is 2. The average molecular weight is 704 g/mol. The van der Waals surface area contributed by atoms with Gasteiger partial charge in [-0.2, -0.15) is 0 Å². The fraction of sp³-hybridized carbons (Fsp3) is 0.0189. The van der Waals surface area contributed by atoms with Crippen LogP contribution in [-0.2, 0) is 5.41 Å². The lowest BCUT2D eigenvalue weighted by Gasteiger charge is -2.37. The van der Waals surface area contributed by atoms with Crippen LogP contribution < -0.4 is 4.90 Å². The van der Waals surface area contributed by atoms with Crippen molar-refractivity contribution in [3.05, 3.63) is 247 Å². The van der Waals surface area contributed by atoms with Crippen molar-refractivity contribution in [2.45, 2.75) is 5.41 Å². The maximum atomic E-state index is 6.79. The quantitative estimate of drug-likeness (QED) is 0.147. The monoisotopic (exact) mass is 703 g/mol. The van der Waals surface area contributed by atoms with Gasteiger partial charge in [0.1, 0.15) is 11.2 Å². The zero-order chi connectivity index (χ0) is 36.6. The first-order chi connectivity index (χ1) is 27.3. The van der Waals surface area contributed by atoms with Crippen molar-refractivity contribution in [1.82, 2.24) is 0 Å². The molecule has 2 nitrogen and oxygen atoms in total. The molecule has 0 aliphatic rings. The molecule has 10 aromatic rings.